The second-order valence-corrected chi connectivity index (χ2v) is 6.03. The van der Waals surface area contributed by atoms with Crippen molar-refractivity contribution in [2.24, 2.45) is 0 Å². The summed E-state index contributed by atoms with van der Waals surface area (Å²) in [7, 11) is 0. The van der Waals surface area contributed by atoms with Crippen LogP contribution in [0.3, 0.4) is 0 Å². The molecule has 1 atom stereocenters. The van der Waals surface area contributed by atoms with Crippen molar-refractivity contribution in [3.05, 3.63) is 46.6 Å². The lowest BCUT2D eigenvalue weighted by atomic mass is 10.3. The molecular formula is C18H17Cl2NO6. The van der Waals surface area contributed by atoms with Crippen molar-refractivity contribution >= 4 is 35.1 Å². The maximum absolute atomic E-state index is 11.8. The predicted molar refractivity (Wildman–Crippen MR) is 98.5 cm³/mol. The molecule has 0 aliphatic carbocycles. The van der Waals surface area contributed by atoms with Crippen LogP contribution in [0.2, 0.25) is 10.0 Å². The van der Waals surface area contributed by atoms with E-state index in [2.05, 4.69) is 9.72 Å². The first kappa shape index (κ1) is 20.8. The van der Waals surface area contributed by atoms with Crippen molar-refractivity contribution < 1.29 is 28.5 Å². The van der Waals surface area contributed by atoms with Crippen LogP contribution in [0.4, 0.5) is 0 Å². The number of carbonyl (C=O) groups is 2. The Morgan fingerprint density at radius 2 is 1.78 bits per heavy atom. The van der Waals surface area contributed by atoms with Gasteiger partial charge in [0.15, 0.2) is 12.7 Å². The molecule has 0 fully saturated rings. The van der Waals surface area contributed by atoms with Crippen LogP contribution in [0.15, 0.2) is 36.5 Å². The fourth-order valence-electron chi connectivity index (χ4n) is 1.88. The first-order valence-electron chi connectivity index (χ1n) is 7.97. The van der Waals surface area contributed by atoms with Crippen LogP contribution in [-0.4, -0.2) is 36.2 Å². The molecular weight excluding hydrogens is 397 g/mol. The molecule has 27 heavy (non-hydrogen) atoms. The second-order valence-electron chi connectivity index (χ2n) is 5.19. The van der Waals surface area contributed by atoms with Gasteiger partial charge in [-0.15, -0.1) is 0 Å². The van der Waals surface area contributed by atoms with E-state index in [0.717, 1.165) is 0 Å². The molecule has 1 aromatic carbocycles. The topological polar surface area (TPSA) is 84.0 Å². The fourth-order valence-corrected chi connectivity index (χ4v) is 2.30. The van der Waals surface area contributed by atoms with E-state index in [1.165, 1.54) is 19.2 Å². The second kappa shape index (κ2) is 9.99. The summed E-state index contributed by atoms with van der Waals surface area (Å²) < 4.78 is 20.5. The Labute approximate surface area is 166 Å². The zero-order chi connectivity index (χ0) is 19.8. The highest BCUT2D eigenvalue weighted by atomic mass is 35.5. The normalized spacial score (nSPS) is 11.4. The van der Waals surface area contributed by atoms with E-state index >= 15 is 0 Å². The number of hydrogen-bond acceptors (Lipinski definition) is 7. The van der Waals surface area contributed by atoms with Gasteiger partial charge in [-0.2, -0.15) is 0 Å². The monoisotopic (exact) mass is 413 g/mol. The van der Waals surface area contributed by atoms with Crippen LogP contribution >= 0.6 is 23.2 Å². The van der Waals surface area contributed by atoms with Crippen molar-refractivity contribution in [2.75, 3.05) is 13.2 Å². The van der Waals surface area contributed by atoms with E-state index in [-0.39, 0.29) is 17.5 Å². The van der Waals surface area contributed by atoms with Crippen LogP contribution in [0.25, 0.3) is 0 Å². The largest absolute Gasteiger partial charge is 0.479 e. The van der Waals surface area contributed by atoms with Gasteiger partial charge in [-0.1, -0.05) is 23.2 Å². The predicted octanol–water partition coefficient (Wildman–Crippen LogP) is 4.05. The molecule has 2 aromatic rings. The molecule has 0 aliphatic rings. The minimum absolute atomic E-state index is 0.214. The van der Waals surface area contributed by atoms with Gasteiger partial charge in [-0.05, 0) is 44.2 Å². The maximum Gasteiger partial charge on any atom is 0.347 e. The van der Waals surface area contributed by atoms with Gasteiger partial charge in [-0.3, -0.25) is 0 Å². The maximum atomic E-state index is 11.8. The lowest BCUT2D eigenvalue weighted by molar-refractivity contribution is -0.162. The number of esters is 2. The van der Waals surface area contributed by atoms with Gasteiger partial charge in [0.25, 0.3) is 0 Å². The van der Waals surface area contributed by atoms with Crippen LogP contribution < -0.4 is 9.47 Å². The summed E-state index contributed by atoms with van der Waals surface area (Å²) in [6.45, 7) is 2.93. The Kier molecular flexibility index (Phi) is 7.69. The Balaban J connectivity index is 1.89. The Hall–Kier alpha value is -2.51. The molecule has 7 nitrogen and oxygen atoms in total. The van der Waals surface area contributed by atoms with Crippen LogP contribution in [0.5, 0.6) is 17.4 Å². The first-order valence-corrected chi connectivity index (χ1v) is 8.72. The Morgan fingerprint density at radius 1 is 1.11 bits per heavy atom. The van der Waals surface area contributed by atoms with E-state index in [4.69, 9.17) is 37.4 Å². The fraction of sp³-hybridized carbons (Fsp3) is 0.278. The van der Waals surface area contributed by atoms with Gasteiger partial charge in [0.05, 0.1) is 11.6 Å². The number of carbonyl (C=O) groups excluding carboxylic acids is 2. The number of hydrogen-bond donors (Lipinski definition) is 0. The van der Waals surface area contributed by atoms with E-state index in [9.17, 15) is 9.59 Å². The molecule has 2 rings (SSSR count). The summed E-state index contributed by atoms with van der Waals surface area (Å²) in [5.41, 5.74) is 0. The van der Waals surface area contributed by atoms with E-state index in [0.29, 0.717) is 16.5 Å². The lowest BCUT2D eigenvalue weighted by Gasteiger charge is -2.14. The molecule has 9 heteroatoms. The highest BCUT2D eigenvalue weighted by Crippen LogP contribution is 2.30. The molecule has 144 valence electrons. The van der Waals surface area contributed by atoms with Crippen molar-refractivity contribution in [1.82, 2.24) is 4.98 Å². The van der Waals surface area contributed by atoms with Crippen LogP contribution in [0, 0.1) is 0 Å². The lowest BCUT2D eigenvalue weighted by Crippen LogP contribution is -2.28. The summed E-state index contributed by atoms with van der Waals surface area (Å²) in [4.78, 5) is 27.0. The number of rotatable bonds is 8. The quantitative estimate of drug-likeness (QED) is 0.603. The average Bonchev–Trinajstić information content (AvgIpc) is 2.63. The Morgan fingerprint density at radius 3 is 2.41 bits per heavy atom. The molecule has 1 aromatic heterocycles. The molecule has 0 N–H and O–H groups in total. The number of aromatic nitrogens is 1. The third kappa shape index (κ3) is 6.62. The number of nitrogens with zero attached hydrogens (tertiary/aromatic N) is 1. The molecule has 0 amide bonds. The Bertz CT molecular complexity index is 797. The molecule has 0 aliphatic heterocycles. The zero-order valence-electron chi connectivity index (χ0n) is 14.6. The van der Waals surface area contributed by atoms with Crippen molar-refractivity contribution in [2.45, 2.75) is 20.0 Å². The first-order chi connectivity index (χ1) is 12.9. The summed E-state index contributed by atoms with van der Waals surface area (Å²) in [5, 5.41) is 0.681. The molecule has 0 spiro atoms. The average molecular weight is 414 g/mol. The minimum Gasteiger partial charge on any atom is -0.479 e. The van der Waals surface area contributed by atoms with Crippen LogP contribution in [0.1, 0.15) is 13.8 Å². The van der Waals surface area contributed by atoms with E-state index < -0.39 is 24.6 Å². The smallest absolute Gasteiger partial charge is 0.347 e. The third-order valence-corrected chi connectivity index (χ3v) is 3.57. The van der Waals surface area contributed by atoms with E-state index in [1.54, 1.807) is 31.2 Å². The number of halogens is 2. The van der Waals surface area contributed by atoms with Crippen molar-refractivity contribution in [1.29, 1.82) is 0 Å². The third-order valence-electron chi connectivity index (χ3n) is 3.09. The molecule has 1 unspecified atom stereocenters. The van der Waals surface area contributed by atoms with Gasteiger partial charge in [0, 0.05) is 6.20 Å². The van der Waals surface area contributed by atoms with Gasteiger partial charge >= 0.3 is 11.9 Å². The summed E-state index contributed by atoms with van der Waals surface area (Å²) in [6.07, 6.45) is 0.516. The summed E-state index contributed by atoms with van der Waals surface area (Å²) in [6, 6.07) is 7.98. The van der Waals surface area contributed by atoms with E-state index in [1.807, 2.05) is 0 Å². The zero-order valence-corrected chi connectivity index (χ0v) is 16.1. The van der Waals surface area contributed by atoms with Gasteiger partial charge in [-0.25, -0.2) is 14.6 Å². The summed E-state index contributed by atoms with van der Waals surface area (Å²) in [5.74, 6) is -0.199. The van der Waals surface area contributed by atoms with Crippen molar-refractivity contribution in [3.63, 3.8) is 0 Å². The standard InChI is InChI=1S/C18H17Cl2NO6/c1-3-24-16(22)10-25-18(23)11(2)26-13-4-6-14(7-5-13)27-17-15(20)8-12(19)9-21-17/h4-9,11H,3,10H2,1-2H3. The molecule has 0 bridgehead atoms. The number of ether oxygens (including phenoxy) is 4. The van der Waals surface area contributed by atoms with Crippen molar-refractivity contribution in [3.8, 4) is 17.4 Å². The summed E-state index contributed by atoms with van der Waals surface area (Å²) >= 11 is 11.8. The highest BCUT2D eigenvalue weighted by Gasteiger charge is 2.18. The highest BCUT2D eigenvalue weighted by molar-refractivity contribution is 6.35. The molecule has 0 saturated heterocycles. The van der Waals surface area contributed by atoms with Gasteiger partial charge in [0.2, 0.25) is 5.88 Å². The van der Waals surface area contributed by atoms with Crippen LogP contribution in [-0.2, 0) is 19.1 Å². The van der Waals surface area contributed by atoms with Gasteiger partial charge < -0.3 is 18.9 Å². The number of benzene rings is 1. The molecule has 0 saturated carbocycles. The molecule has 0 radical (unpaired) electrons. The number of pyridine rings is 1. The molecule has 1 heterocycles. The van der Waals surface area contributed by atoms with Gasteiger partial charge in [0.1, 0.15) is 16.5 Å². The SMILES string of the molecule is CCOC(=O)COC(=O)C(C)Oc1ccc(Oc2ncc(Cl)cc2Cl)cc1. The minimum atomic E-state index is -0.904.